The fourth-order valence-corrected chi connectivity index (χ4v) is 5.37. The third kappa shape index (κ3) is 1.22. The summed E-state index contributed by atoms with van der Waals surface area (Å²) < 4.78 is 22.4. The molecule has 118 valence electrons. The highest BCUT2D eigenvalue weighted by Gasteiger charge is 2.80. The molecule has 0 aromatic rings. The molecule has 6 heteroatoms. The quantitative estimate of drug-likeness (QED) is 0.530. The van der Waals surface area contributed by atoms with Crippen LogP contribution in [0.25, 0.3) is 0 Å². The second-order valence-corrected chi connectivity index (χ2v) is 7.25. The minimum atomic E-state index is -0.751. The molecule has 2 saturated carbocycles. The number of fused-ring (bicyclic) bond motifs is 2. The average Bonchev–Trinajstić information content (AvgIpc) is 3.17. The van der Waals surface area contributed by atoms with E-state index in [1.54, 1.807) is 6.08 Å². The summed E-state index contributed by atoms with van der Waals surface area (Å²) in [5.41, 5.74) is -0.251. The second-order valence-electron chi connectivity index (χ2n) is 7.25. The first-order valence-electron chi connectivity index (χ1n) is 7.87. The van der Waals surface area contributed by atoms with Crippen LogP contribution in [0.1, 0.15) is 26.2 Å². The van der Waals surface area contributed by atoms with Crippen molar-refractivity contribution in [3.05, 3.63) is 11.6 Å². The van der Waals surface area contributed by atoms with Gasteiger partial charge >= 0.3 is 11.9 Å². The first-order valence-corrected chi connectivity index (χ1v) is 7.87. The normalized spacial score (nSPS) is 54.5. The van der Waals surface area contributed by atoms with Crippen LogP contribution in [0, 0.1) is 17.3 Å². The highest BCUT2D eigenvalue weighted by Crippen LogP contribution is 2.67. The van der Waals surface area contributed by atoms with E-state index in [9.17, 15) is 9.59 Å². The zero-order valence-electron chi connectivity index (χ0n) is 12.5. The molecule has 1 spiro atoms. The molecule has 0 amide bonds. The van der Waals surface area contributed by atoms with Gasteiger partial charge in [-0.05, 0) is 31.3 Å². The summed E-state index contributed by atoms with van der Waals surface area (Å²) in [5, 5.41) is 0. The predicted molar refractivity (Wildman–Crippen MR) is 71.4 cm³/mol. The van der Waals surface area contributed by atoms with Gasteiger partial charge in [-0.25, -0.2) is 4.79 Å². The van der Waals surface area contributed by atoms with Crippen LogP contribution < -0.4 is 0 Å². The number of hydrogen-bond donors (Lipinski definition) is 0. The van der Waals surface area contributed by atoms with E-state index >= 15 is 0 Å². The lowest BCUT2D eigenvalue weighted by Gasteiger charge is -2.46. The van der Waals surface area contributed by atoms with Crippen molar-refractivity contribution in [2.24, 2.45) is 17.3 Å². The van der Waals surface area contributed by atoms with E-state index in [0.717, 1.165) is 24.8 Å². The van der Waals surface area contributed by atoms with Crippen molar-refractivity contribution in [2.45, 2.75) is 50.3 Å². The number of epoxide rings is 1. The van der Waals surface area contributed by atoms with Gasteiger partial charge in [0.05, 0.1) is 5.41 Å². The molecular formula is C16H18O6. The lowest BCUT2D eigenvalue weighted by molar-refractivity contribution is -0.185. The number of carbonyl (C=O) groups is 2. The van der Waals surface area contributed by atoms with Crippen LogP contribution in [-0.4, -0.2) is 43.1 Å². The van der Waals surface area contributed by atoms with Crippen LogP contribution in [0.15, 0.2) is 11.6 Å². The third-order valence-electron chi connectivity index (χ3n) is 6.34. The van der Waals surface area contributed by atoms with E-state index in [0.29, 0.717) is 0 Å². The Morgan fingerprint density at radius 1 is 1.32 bits per heavy atom. The Bertz CT molecular complexity index is 626. The molecule has 7 atom stereocenters. The minimum Gasteiger partial charge on any atom is -0.459 e. The largest absolute Gasteiger partial charge is 0.459 e. The molecule has 3 aliphatic heterocycles. The maximum Gasteiger partial charge on any atom is 0.333 e. The molecular weight excluding hydrogens is 288 g/mol. The van der Waals surface area contributed by atoms with Crippen molar-refractivity contribution in [1.82, 2.24) is 0 Å². The first kappa shape index (κ1) is 13.1. The topological polar surface area (TPSA) is 74.4 Å². The molecule has 5 aliphatic rings. The fourth-order valence-electron chi connectivity index (χ4n) is 5.37. The van der Waals surface area contributed by atoms with Gasteiger partial charge in [0.25, 0.3) is 0 Å². The molecule has 6 nitrogen and oxygen atoms in total. The van der Waals surface area contributed by atoms with Gasteiger partial charge in [0, 0.05) is 19.1 Å². The highest BCUT2D eigenvalue weighted by atomic mass is 16.8. The molecule has 4 fully saturated rings. The molecule has 2 saturated heterocycles. The number of cyclic esters (lactones) is 1. The van der Waals surface area contributed by atoms with Gasteiger partial charge in [-0.3, -0.25) is 4.79 Å². The van der Waals surface area contributed by atoms with Crippen LogP contribution in [-0.2, 0) is 28.5 Å². The van der Waals surface area contributed by atoms with Crippen LogP contribution >= 0.6 is 0 Å². The molecule has 22 heavy (non-hydrogen) atoms. The summed E-state index contributed by atoms with van der Waals surface area (Å²) in [6, 6.07) is 0. The Kier molecular flexibility index (Phi) is 2.22. The zero-order valence-corrected chi connectivity index (χ0v) is 12.5. The van der Waals surface area contributed by atoms with Crippen molar-refractivity contribution in [3.63, 3.8) is 0 Å². The highest BCUT2D eigenvalue weighted by molar-refractivity contribution is 5.86. The average molecular weight is 306 g/mol. The van der Waals surface area contributed by atoms with E-state index in [2.05, 4.69) is 0 Å². The Balaban J connectivity index is 1.67. The van der Waals surface area contributed by atoms with Crippen LogP contribution in [0.5, 0.6) is 0 Å². The maximum atomic E-state index is 12.4. The third-order valence-corrected chi connectivity index (χ3v) is 6.34. The summed E-state index contributed by atoms with van der Waals surface area (Å²) in [6.07, 6.45) is 3.03. The standard InChI is InChI=1S/C16H18O6/c1-15-5-3-4-7-8-6-9(17)20-14(19-2)16(8)12(22-16)11(10(7)15)21-13(15)18/h6-7,10-12,14H,3-5H2,1-2H3. The van der Waals surface area contributed by atoms with E-state index in [4.69, 9.17) is 18.9 Å². The van der Waals surface area contributed by atoms with Gasteiger partial charge in [0.15, 0.2) is 5.60 Å². The Morgan fingerprint density at radius 2 is 2.14 bits per heavy atom. The van der Waals surface area contributed by atoms with E-state index in [1.165, 1.54) is 7.11 Å². The minimum absolute atomic E-state index is 0.0871. The number of esters is 2. The van der Waals surface area contributed by atoms with Crippen LogP contribution in [0.2, 0.25) is 0 Å². The lowest BCUT2D eigenvalue weighted by Crippen LogP contribution is -2.55. The number of methoxy groups -OCH3 is 1. The summed E-state index contributed by atoms with van der Waals surface area (Å²) in [6.45, 7) is 2.00. The van der Waals surface area contributed by atoms with E-state index < -0.39 is 23.3 Å². The summed E-state index contributed by atoms with van der Waals surface area (Å²) in [7, 11) is 1.51. The molecule has 5 rings (SSSR count). The SMILES string of the molecule is COC1OC(=O)C=C2C3CCCC4(C)C(=O)OC(C34)C3OC213. The summed E-state index contributed by atoms with van der Waals surface area (Å²) in [5.74, 6) is -0.306. The smallest absolute Gasteiger partial charge is 0.333 e. The first-order chi connectivity index (χ1) is 10.5. The van der Waals surface area contributed by atoms with Gasteiger partial charge < -0.3 is 18.9 Å². The zero-order chi connectivity index (χ0) is 15.3. The molecule has 0 aromatic heterocycles. The fraction of sp³-hybridized carbons (Fsp3) is 0.750. The molecule has 0 radical (unpaired) electrons. The Hall–Kier alpha value is -1.40. The number of carbonyl (C=O) groups excluding carboxylic acids is 2. The van der Waals surface area contributed by atoms with Crippen molar-refractivity contribution < 1.29 is 28.5 Å². The van der Waals surface area contributed by atoms with Crippen molar-refractivity contribution in [3.8, 4) is 0 Å². The number of ether oxygens (including phenoxy) is 4. The number of hydrogen-bond acceptors (Lipinski definition) is 6. The number of rotatable bonds is 1. The van der Waals surface area contributed by atoms with Gasteiger partial charge in [0.1, 0.15) is 12.2 Å². The molecule has 7 unspecified atom stereocenters. The predicted octanol–water partition coefficient (Wildman–Crippen LogP) is 0.941. The Labute approximate surface area is 127 Å². The Morgan fingerprint density at radius 3 is 2.91 bits per heavy atom. The molecule has 0 bridgehead atoms. The van der Waals surface area contributed by atoms with E-state index in [1.807, 2.05) is 6.92 Å². The molecule has 0 N–H and O–H groups in total. The second kappa shape index (κ2) is 3.74. The maximum absolute atomic E-state index is 12.4. The summed E-state index contributed by atoms with van der Waals surface area (Å²) >= 11 is 0. The van der Waals surface area contributed by atoms with Crippen LogP contribution in [0.3, 0.4) is 0 Å². The monoisotopic (exact) mass is 306 g/mol. The molecule has 0 aromatic carbocycles. The molecule has 3 heterocycles. The van der Waals surface area contributed by atoms with E-state index in [-0.39, 0.29) is 30.0 Å². The summed E-state index contributed by atoms with van der Waals surface area (Å²) in [4.78, 5) is 24.3. The lowest BCUT2D eigenvalue weighted by atomic mass is 9.55. The van der Waals surface area contributed by atoms with Crippen molar-refractivity contribution >= 4 is 11.9 Å². The van der Waals surface area contributed by atoms with Gasteiger partial charge in [-0.2, -0.15) is 0 Å². The van der Waals surface area contributed by atoms with Crippen molar-refractivity contribution in [2.75, 3.05) is 7.11 Å². The van der Waals surface area contributed by atoms with Gasteiger partial charge in [0.2, 0.25) is 6.29 Å². The van der Waals surface area contributed by atoms with Gasteiger partial charge in [-0.15, -0.1) is 0 Å². The van der Waals surface area contributed by atoms with Crippen molar-refractivity contribution in [1.29, 1.82) is 0 Å². The molecule has 2 aliphatic carbocycles. The van der Waals surface area contributed by atoms with Gasteiger partial charge in [-0.1, -0.05) is 6.42 Å². The van der Waals surface area contributed by atoms with Crippen LogP contribution in [0.4, 0.5) is 0 Å².